The number of hydrogen-bond donors (Lipinski definition) is 2. The molecular formula is C17H19BrN2O2. The van der Waals surface area contributed by atoms with Crippen LogP contribution in [0.25, 0.3) is 0 Å². The molecule has 0 fully saturated rings. The first-order valence-electron chi connectivity index (χ1n) is 7.19. The third-order valence-corrected chi connectivity index (χ3v) is 3.62. The van der Waals surface area contributed by atoms with Crippen LogP contribution in [0.2, 0.25) is 0 Å². The third-order valence-electron chi connectivity index (χ3n) is 3.09. The van der Waals surface area contributed by atoms with Crippen molar-refractivity contribution in [1.29, 1.82) is 0 Å². The fourth-order valence-corrected chi connectivity index (χ4v) is 2.13. The van der Waals surface area contributed by atoms with Gasteiger partial charge in [0.15, 0.2) is 0 Å². The molecule has 0 aliphatic rings. The minimum absolute atomic E-state index is 0.243. The predicted octanol–water partition coefficient (Wildman–Crippen LogP) is 4.21. The van der Waals surface area contributed by atoms with Gasteiger partial charge >= 0.3 is 6.03 Å². The van der Waals surface area contributed by atoms with E-state index in [9.17, 15) is 4.79 Å². The van der Waals surface area contributed by atoms with Crippen LogP contribution in [0.1, 0.15) is 12.5 Å². The van der Waals surface area contributed by atoms with Gasteiger partial charge in [-0.1, -0.05) is 35.0 Å². The molecule has 4 nitrogen and oxygen atoms in total. The molecule has 2 aromatic carbocycles. The molecule has 116 valence electrons. The van der Waals surface area contributed by atoms with Gasteiger partial charge in [0.05, 0.1) is 6.54 Å². The lowest BCUT2D eigenvalue weighted by molar-refractivity contribution is 0.247. The number of nitrogens with one attached hydrogen (secondary N) is 2. The van der Waals surface area contributed by atoms with Gasteiger partial charge in [0, 0.05) is 10.2 Å². The first kappa shape index (κ1) is 16.4. The summed E-state index contributed by atoms with van der Waals surface area (Å²) in [6.45, 7) is 2.99. The highest BCUT2D eigenvalue weighted by Crippen LogP contribution is 2.14. The molecule has 0 saturated heterocycles. The third kappa shape index (κ3) is 5.41. The Kier molecular flexibility index (Phi) is 6.27. The fraction of sp³-hybridized carbons (Fsp3) is 0.235. The SMILES string of the molecule is CCc1ccc(OCCNC(=O)Nc2ccc(Br)cc2)cc1. The van der Waals surface area contributed by atoms with Gasteiger partial charge in [-0.3, -0.25) is 0 Å². The summed E-state index contributed by atoms with van der Waals surface area (Å²) >= 11 is 3.35. The molecule has 0 spiro atoms. The molecule has 0 unspecified atom stereocenters. The monoisotopic (exact) mass is 362 g/mol. The second kappa shape index (κ2) is 8.44. The summed E-state index contributed by atoms with van der Waals surface area (Å²) in [6.07, 6.45) is 1.01. The highest BCUT2D eigenvalue weighted by atomic mass is 79.9. The Balaban J connectivity index is 1.67. The van der Waals surface area contributed by atoms with Gasteiger partial charge < -0.3 is 15.4 Å². The minimum Gasteiger partial charge on any atom is -0.492 e. The number of carbonyl (C=O) groups excluding carboxylic acids is 1. The maximum atomic E-state index is 11.7. The summed E-state index contributed by atoms with van der Waals surface area (Å²) < 4.78 is 6.55. The molecule has 0 atom stereocenters. The molecule has 2 aromatic rings. The number of aryl methyl sites for hydroxylation is 1. The summed E-state index contributed by atoms with van der Waals surface area (Å²) in [5.74, 6) is 0.812. The Morgan fingerprint density at radius 1 is 1.09 bits per heavy atom. The summed E-state index contributed by atoms with van der Waals surface area (Å²) in [4.78, 5) is 11.7. The highest BCUT2D eigenvalue weighted by Gasteiger charge is 2.01. The van der Waals surface area contributed by atoms with Crippen LogP contribution in [0.5, 0.6) is 5.75 Å². The zero-order valence-electron chi connectivity index (χ0n) is 12.4. The van der Waals surface area contributed by atoms with E-state index >= 15 is 0 Å². The molecule has 2 amide bonds. The normalized spacial score (nSPS) is 10.1. The van der Waals surface area contributed by atoms with Crippen molar-refractivity contribution in [2.75, 3.05) is 18.5 Å². The Morgan fingerprint density at radius 2 is 1.77 bits per heavy atom. The quantitative estimate of drug-likeness (QED) is 0.756. The van der Waals surface area contributed by atoms with E-state index in [2.05, 4.69) is 33.5 Å². The number of urea groups is 1. The summed E-state index contributed by atoms with van der Waals surface area (Å²) in [5, 5.41) is 5.51. The van der Waals surface area contributed by atoms with E-state index in [0.717, 1.165) is 22.3 Å². The van der Waals surface area contributed by atoms with Crippen molar-refractivity contribution < 1.29 is 9.53 Å². The number of halogens is 1. The van der Waals surface area contributed by atoms with Crippen LogP contribution in [0.4, 0.5) is 10.5 Å². The van der Waals surface area contributed by atoms with Gasteiger partial charge in [0.1, 0.15) is 12.4 Å². The Hall–Kier alpha value is -2.01. The van der Waals surface area contributed by atoms with Crippen LogP contribution in [0.3, 0.4) is 0 Å². The van der Waals surface area contributed by atoms with E-state index in [1.54, 1.807) is 0 Å². The number of rotatable bonds is 6. The van der Waals surface area contributed by atoms with Gasteiger partial charge in [-0.2, -0.15) is 0 Å². The summed E-state index contributed by atoms with van der Waals surface area (Å²) in [5.41, 5.74) is 2.02. The number of hydrogen-bond acceptors (Lipinski definition) is 2. The van der Waals surface area contributed by atoms with Crippen molar-refractivity contribution >= 4 is 27.6 Å². The number of ether oxygens (including phenoxy) is 1. The van der Waals surface area contributed by atoms with Crippen molar-refractivity contribution in [2.45, 2.75) is 13.3 Å². The van der Waals surface area contributed by atoms with E-state index in [4.69, 9.17) is 4.74 Å². The van der Waals surface area contributed by atoms with E-state index in [0.29, 0.717) is 13.2 Å². The maximum Gasteiger partial charge on any atom is 0.319 e. The standard InChI is InChI=1S/C17H19BrN2O2/c1-2-13-3-9-16(10-4-13)22-12-11-19-17(21)20-15-7-5-14(18)6-8-15/h3-10H,2,11-12H2,1H3,(H2,19,20,21). The molecule has 0 heterocycles. The Bertz CT molecular complexity index is 597. The second-order valence-corrected chi connectivity index (χ2v) is 5.65. The molecule has 0 aliphatic heterocycles. The minimum atomic E-state index is -0.243. The van der Waals surface area contributed by atoms with Crippen molar-refractivity contribution in [1.82, 2.24) is 5.32 Å². The van der Waals surface area contributed by atoms with Gasteiger partial charge in [0.25, 0.3) is 0 Å². The topological polar surface area (TPSA) is 50.4 Å². The lowest BCUT2D eigenvalue weighted by Gasteiger charge is -2.09. The van der Waals surface area contributed by atoms with E-state index < -0.39 is 0 Å². The average Bonchev–Trinajstić information content (AvgIpc) is 2.54. The number of anilines is 1. The van der Waals surface area contributed by atoms with Crippen LogP contribution in [0, 0.1) is 0 Å². The van der Waals surface area contributed by atoms with Crippen LogP contribution < -0.4 is 15.4 Å². The number of carbonyl (C=O) groups is 1. The largest absolute Gasteiger partial charge is 0.492 e. The van der Waals surface area contributed by atoms with Crippen LogP contribution in [-0.4, -0.2) is 19.2 Å². The summed E-state index contributed by atoms with van der Waals surface area (Å²) in [7, 11) is 0. The van der Waals surface area contributed by atoms with E-state index in [1.165, 1.54) is 5.56 Å². The first-order valence-corrected chi connectivity index (χ1v) is 7.99. The molecule has 5 heteroatoms. The smallest absolute Gasteiger partial charge is 0.319 e. The Labute approximate surface area is 139 Å². The first-order chi connectivity index (χ1) is 10.7. The fourth-order valence-electron chi connectivity index (χ4n) is 1.86. The van der Waals surface area contributed by atoms with Gasteiger partial charge in [-0.25, -0.2) is 4.79 Å². The van der Waals surface area contributed by atoms with Crippen LogP contribution in [0.15, 0.2) is 53.0 Å². The Morgan fingerprint density at radius 3 is 2.41 bits per heavy atom. The van der Waals surface area contributed by atoms with Crippen molar-refractivity contribution in [3.8, 4) is 5.75 Å². The molecule has 0 bridgehead atoms. The molecule has 22 heavy (non-hydrogen) atoms. The van der Waals surface area contributed by atoms with Gasteiger partial charge in [-0.05, 0) is 48.4 Å². The molecule has 0 aliphatic carbocycles. The highest BCUT2D eigenvalue weighted by molar-refractivity contribution is 9.10. The summed E-state index contributed by atoms with van der Waals surface area (Å²) in [6, 6.07) is 15.1. The predicted molar refractivity (Wildman–Crippen MR) is 92.5 cm³/mol. The zero-order chi connectivity index (χ0) is 15.8. The van der Waals surface area contributed by atoms with Crippen molar-refractivity contribution in [2.24, 2.45) is 0 Å². The molecule has 2 N–H and O–H groups in total. The van der Waals surface area contributed by atoms with Gasteiger partial charge in [0.2, 0.25) is 0 Å². The molecule has 0 aromatic heterocycles. The number of amides is 2. The lowest BCUT2D eigenvalue weighted by Crippen LogP contribution is -2.32. The molecule has 2 rings (SSSR count). The van der Waals surface area contributed by atoms with Crippen molar-refractivity contribution in [3.63, 3.8) is 0 Å². The van der Waals surface area contributed by atoms with Crippen molar-refractivity contribution in [3.05, 3.63) is 58.6 Å². The molecule has 0 radical (unpaired) electrons. The van der Waals surface area contributed by atoms with Crippen LogP contribution in [-0.2, 0) is 6.42 Å². The lowest BCUT2D eigenvalue weighted by atomic mass is 10.2. The number of benzene rings is 2. The molecule has 0 saturated carbocycles. The average molecular weight is 363 g/mol. The second-order valence-electron chi connectivity index (χ2n) is 4.73. The molecular weight excluding hydrogens is 344 g/mol. The zero-order valence-corrected chi connectivity index (χ0v) is 14.0. The van der Waals surface area contributed by atoms with E-state index in [1.807, 2.05) is 48.5 Å². The maximum absolute atomic E-state index is 11.7. The van der Waals surface area contributed by atoms with E-state index in [-0.39, 0.29) is 6.03 Å². The van der Waals surface area contributed by atoms with Gasteiger partial charge in [-0.15, -0.1) is 0 Å². The van der Waals surface area contributed by atoms with Crippen LogP contribution >= 0.6 is 15.9 Å².